The third-order valence-corrected chi connectivity index (χ3v) is 5.53. The fourth-order valence-electron chi connectivity index (χ4n) is 2.58. The zero-order valence-electron chi connectivity index (χ0n) is 11.4. The van der Waals surface area contributed by atoms with Crippen molar-refractivity contribution >= 4 is 15.7 Å². The highest BCUT2D eigenvalue weighted by atomic mass is 32.2. The van der Waals surface area contributed by atoms with Crippen molar-refractivity contribution in [2.75, 3.05) is 17.2 Å². The number of hydrogen-bond acceptors (Lipinski definition) is 5. The van der Waals surface area contributed by atoms with Crippen LogP contribution in [0.5, 0.6) is 0 Å². The third kappa shape index (κ3) is 2.00. The van der Waals surface area contributed by atoms with Gasteiger partial charge in [-0.15, -0.1) is 0 Å². The molecule has 2 aromatic rings. The molecule has 1 atom stereocenters. The first kappa shape index (κ1) is 13.2. The molecule has 108 valence electrons. The Morgan fingerprint density at radius 1 is 1.45 bits per heavy atom. The van der Waals surface area contributed by atoms with Gasteiger partial charge < -0.3 is 10.3 Å². The Bertz CT molecular complexity index is 759. The number of nitrogens with zero attached hydrogens (tertiary/aromatic N) is 4. The second-order valence-corrected chi connectivity index (χ2v) is 7.45. The van der Waals surface area contributed by atoms with E-state index in [1.165, 1.54) is 0 Å². The largest absolute Gasteiger partial charge is 0.384 e. The maximum atomic E-state index is 11.6. The molecule has 1 aliphatic heterocycles. The van der Waals surface area contributed by atoms with Crippen LogP contribution in [-0.4, -0.2) is 39.3 Å². The Hall–Kier alpha value is -1.83. The Kier molecular flexibility index (Phi) is 2.86. The van der Waals surface area contributed by atoms with Gasteiger partial charge in [0.2, 0.25) is 0 Å². The summed E-state index contributed by atoms with van der Waals surface area (Å²) in [7, 11) is -1.08. The summed E-state index contributed by atoms with van der Waals surface area (Å²) in [6.07, 6.45) is 4.10. The number of nitrogens with two attached hydrogens (primary N) is 1. The van der Waals surface area contributed by atoms with E-state index < -0.39 is 9.84 Å². The molecule has 0 radical (unpaired) electrons. The van der Waals surface area contributed by atoms with Gasteiger partial charge in [0.05, 0.1) is 17.5 Å². The zero-order valence-corrected chi connectivity index (χ0v) is 12.3. The topological polar surface area (TPSA) is 95.8 Å². The molecule has 0 bridgehead atoms. The summed E-state index contributed by atoms with van der Waals surface area (Å²) >= 11 is 0. The number of aryl methyl sites for hydroxylation is 1. The van der Waals surface area contributed by atoms with Crippen LogP contribution in [0.2, 0.25) is 0 Å². The predicted octanol–water partition coefficient (Wildman–Crippen LogP) is 0.534. The molecule has 0 saturated carbocycles. The van der Waals surface area contributed by atoms with Gasteiger partial charge in [-0.05, 0) is 13.3 Å². The van der Waals surface area contributed by atoms with Crippen LogP contribution in [0.25, 0.3) is 11.5 Å². The second kappa shape index (κ2) is 4.34. The molecular weight excluding hydrogens is 278 g/mol. The summed E-state index contributed by atoms with van der Waals surface area (Å²) in [4.78, 5) is 4.27. The number of rotatable bonds is 2. The molecule has 1 unspecified atom stereocenters. The molecule has 2 aromatic heterocycles. The highest BCUT2D eigenvalue weighted by Gasteiger charge is 2.32. The molecule has 1 saturated heterocycles. The summed E-state index contributed by atoms with van der Waals surface area (Å²) in [6.45, 7) is 1.88. The first-order valence-electron chi connectivity index (χ1n) is 6.42. The average molecular weight is 295 g/mol. The first-order chi connectivity index (χ1) is 9.39. The summed E-state index contributed by atoms with van der Waals surface area (Å²) in [6, 6.07) is -0.173. The number of anilines is 1. The molecule has 0 aliphatic carbocycles. The molecule has 2 N–H and O–H groups in total. The monoisotopic (exact) mass is 295 g/mol. The van der Waals surface area contributed by atoms with Crippen LogP contribution in [0.15, 0.2) is 12.4 Å². The lowest BCUT2D eigenvalue weighted by Crippen LogP contribution is -2.14. The molecular formula is C12H17N5O2S. The molecule has 0 aromatic carbocycles. The lowest BCUT2D eigenvalue weighted by atomic mass is 10.2. The molecule has 3 rings (SSSR count). The fraction of sp³-hybridized carbons (Fsp3) is 0.500. The van der Waals surface area contributed by atoms with Gasteiger partial charge in [-0.3, -0.25) is 0 Å². The first-order valence-corrected chi connectivity index (χ1v) is 8.24. The van der Waals surface area contributed by atoms with Crippen LogP contribution < -0.4 is 5.73 Å². The van der Waals surface area contributed by atoms with Crippen molar-refractivity contribution in [3.63, 3.8) is 0 Å². The minimum Gasteiger partial charge on any atom is -0.384 e. The standard InChI is InChI=1S/C12H17N5O2S/c1-8-10(12-14-4-5-16(12)2)15-17(11(8)13)9-3-6-20(18,19)7-9/h4-5,9H,3,6-7,13H2,1-2H3. The number of aromatic nitrogens is 4. The number of imidazole rings is 1. The molecule has 7 nitrogen and oxygen atoms in total. The number of hydrogen-bond donors (Lipinski definition) is 1. The molecule has 0 amide bonds. The van der Waals surface area contributed by atoms with E-state index in [4.69, 9.17) is 5.73 Å². The van der Waals surface area contributed by atoms with Gasteiger partial charge in [0.25, 0.3) is 0 Å². The maximum absolute atomic E-state index is 11.6. The van der Waals surface area contributed by atoms with E-state index in [0.717, 1.165) is 11.4 Å². The van der Waals surface area contributed by atoms with Crippen molar-refractivity contribution in [3.05, 3.63) is 18.0 Å². The Morgan fingerprint density at radius 2 is 2.20 bits per heavy atom. The Balaban J connectivity index is 2.05. The quantitative estimate of drug-likeness (QED) is 0.872. The minimum atomic E-state index is -2.96. The van der Waals surface area contributed by atoms with E-state index in [-0.39, 0.29) is 17.5 Å². The van der Waals surface area contributed by atoms with E-state index in [1.54, 1.807) is 10.9 Å². The summed E-state index contributed by atoms with van der Waals surface area (Å²) in [5.74, 6) is 1.56. The second-order valence-electron chi connectivity index (χ2n) is 5.22. The molecule has 3 heterocycles. The van der Waals surface area contributed by atoms with Gasteiger partial charge in [-0.2, -0.15) is 5.10 Å². The van der Waals surface area contributed by atoms with Gasteiger partial charge in [0, 0.05) is 25.0 Å². The van der Waals surface area contributed by atoms with E-state index >= 15 is 0 Å². The van der Waals surface area contributed by atoms with Crippen molar-refractivity contribution in [2.24, 2.45) is 7.05 Å². The van der Waals surface area contributed by atoms with Gasteiger partial charge in [0.1, 0.15) is 11.5 Å². The van der Waals surface area contributed by atoms with Crippen molar-refractivity contribution in [2.45, 2.75) is 19.4 Å². The maximum Gasteiger partial charge on any atom is 0.160 e. The van der Waals surface area contributed by atoms with Gasteiger partial charge in [0.15, 0.2) is 15.7 Å². The molecule has 1 fully saturated rings. The van der Waals surface area contributed by atoms with E-state index in [2.05, 4.69) is 10.1 Å². The Labute approximate surface area is 117 Å². The van der Waals surface area contributed by atoms with Crippen LogP contribution in [0.4, 0.5) is 5.82 Å². The van der Waals surface area contributed by atoms with Crippen molar-refractivity contribution in [1.82, 2.24) is 19.3 Å². The smallest absolute Gasteiger partial charge is 0.160 e. The zero-order chi connectivity index (χ0) is 14.5. The van der Waals surface area contributed by atoms with Crippen LogP contribution >= 0.6 is 0 Å². The van der Waals surface area contributed by atoms with Gasteiger partial charge in [-0.25, -0.2) is 18.1 Å². The lowest BCUT2D eigenvalue weighted by molar-refractivity contribution is 0.507. The number of nitrogen functional groups attached to an aromatic ring is 1. The molecule has 20 heavy (non-hydrogen) atoms. The normalized spacial score (nSPS) is 21.4. The minimum absolute atomic E-state index is 0.109. The molecule has 1 aliphatic rings. The van der Waals surface area contributed by atoms with Crippen LogP contribution in [0.3, 0.4) is 0 Å². The highest BCUT2D eigenvalue weighted by molar-refractivity contribution is 7.91. The van der Waals surface area contributed by atoms with Crippen molar-refractivity contribution in [3.8, 4) is 11.5 Å². The lowest BCUT2D eigenvalue weighted by Gasteiger charge is -2.10. The molecule has 0 spiro atoms. The third-order valence-electron chi connectivity index (χ3n) is 3.78. The van der Waals surface area contributed by atoms with Crippen molar-refractivity contribution < 1.29 is 8.42 Å². The fourth-order valence-corrected chi connectivity index (χ4v) is 4.27. The van der Waals surface area contributed by atoms with Gasteiger partial charge in [-0.1, -0.05) is 0 Å². The van der Waals surface area contributed by atoms with E-state index in [1.807, 2.05) is 24.7 Å². The van der Waals surface area contributed by atoms with Crippen LogP contribution in [0.1, 0.15) is 18.0 Å². The predicted molar refractivity (Wildman–Crippen MR) is 75.9 cm³/mol. The number of sulfone groups is 1. The summed E-state index contributed by atoms with van der Waals surface area (Å²) in [5, 5.41) is 4.50. The Morgan fingerprint density at radius 3 is 2.75 bits per heavy atom. The highest BCUT2D eigenvalue weighted by Crippen LogP contribution is 2.31. The summed E-state index contributed by atoms with van der Waals surface area (Å²) in [5.41, 5.74) is 7.64. The summed E-state index contributed by atoms with van der Waals surface area (Å²) < 4.78 is 26.7. The van der Waals surface area contributed by atoms with Crippen LogP contribution in [0, 0.1) is 6.92 Å². The van der Waals surface area contributed by atoms with Gasteiger partial charge >= 0.3 is 0 Å². The SMILES string of the molecule is Cc1c(-c2nccn2C)nn(C2CCS(=O)(=O)C2)c1N. The van der Waals surface area contributed by atoms with Crippen LogP contribution in [-0.2, 0) is 16.9 Å². The van der Waals surface area contributed by atoms with E-state index in [9.17, 15) is 8.42 Å². The van der Waals surface area contributed by atoms with Crippen molar-refractivity contribution in [1.29, 1.82) is 0 Å². The average Bonchev–Trinajstić information content (AvgIpc) is 3.02. The van der Waals surface area contributed by atoms with E-state index in [0.29, 0.717) is 17.9 Å². The molecule has 8 heteroatoms.